The van der Waals surface area contributed by atoms with Gasteiger partial charge >= 0.3 is 29.8 Å². The summed E-state index contributed by atoms with van der Waals surface area (Å²) in [5.41, 5.74) is 8.86. The summed E-state index contributed by atoms with van der Waals surface area (Å²) in [5.74, 6) is -5.20. The molecule has 0 aromatic carbocycles. The van der Waals surface area contributed by atoms with E-state index in [9.17, 15) is 49.5 Å². The predicted molar refractivity (Wildman–Crippen MR) is 188 cm³/mol. The molecule has 0 radical (unpaired) electrons. The maximum atomic E-state index is 12.2. The molecule has 0 spiro atoms. The molecule has 0 saturated heterocycles. The molecule has 0 atom stereocenters. The molecule has 5 rings (SSSR count). The molecule has 14 heteroatoms. The Bertz CT molecular complexity index is 2220. The highest BCUT2D eigenvalue weighted by atomic mass is 16.4. The first-order chi connectivity index (χ1) is 24.1. The van der Waals surface area contributed by atoms with Crippen LogP contribution in [0.15, 0.2) is 24.3 Å². The lowest BCUT2D eigenvalue weighted by Crippen LogP contribution is -2.04. The van der Waals surface area contributed by atoms with Gasteiger partial charge in [0.2, 0.25) is 0 Å². The topological polar surface area (TPSA) is 244 Å². The number of carboxylic acids is 5. The fourth-order valence-electron chi connectivity index (χ4n) is 6.66. The van der Waals surface area contributed by atoms with Gasteiger partial charge in [-0.15, -0.1) is 0 Å². The number of carbonyl (C=O) groups is 5. The molecule has 2 aliphatic rings. The van der Waals surface area contributed by atoms with E-state index >= 15 is 0 Å². The monoisotopic (exact) mass is 698 g/mol. The van der Waals surface area contributed by atoms with Crippen molar-refractivity contribution >= 4 is 74.2 Å². The minimum Gasteiger partial charge on any atom is -0.481 e. The predicted octanol–water partition coefficient (Wildman–Crippen LogP) is 5.88. The van der Waals surface area contributed by atoms with Crippen LogP contribution in [0.25, 0.3) is 44.4 Å². The van der Waals surface area contributed by atoms with Crippen LogP contribution < -0.4 is 0 Å². The Hall–Kier alpha value is -6.05. The third kappa shape index (κ3) is 8.06. The summed E-state index contributed by atoms with van der Waals surface area (Å²) >= 11 is 0. The van der Waals surface area contributed by atoms with E-state index in [2.05, 4.69) is 9.97 Å². The Balaban J connectivity index is 1.96. The number of aromatic amines is 2. The number of nitrogens with zero attached hydrogens (tertiary/aromatic N) is 2. The van der Waals surface area contributed by atoms with Gasteiger partial charge < -0.3 is 35.5 Å². The van der Waals surface area contributed by atoms with Crippen molar-refractivity contribution in [3.8, 4) is 0 Å². The van der Waals surface area contributed by atoms with Gasteiger partial charge in [-0.25, -0.2) is 9.97 Å². The molecule has 51 heavy (non-hydrogen) atoms. The molecule has 0 unspecified atom stereocenters. The Morgan fingerprint density at radius 3 is 1.43 bits per heavy atom. The molecule has 0 aliphatic carbocycles. The number of hydrogen-bond donors (Lipinski definition) is 7. The van der Waals surface area contributed by atoms with Crippen LogP contribution in [0, 0.1) is 6.92 Å². The minimum absolute atomic E-state index is 0.00926. The van der Waals surface area contributed by atoms with Gasteiger partial charge in [-0.1, -0.05) is 0 Å². The zero-order chi connectivity index (χ0) is 37.1. The number of hydrogen-bond acceptors (Lipinski definition) is 7. The average molecular weight is 699 g/mol. The molecular formula is C37H38N4O10. The molecular weight excluding hydrogens is 660 g/mol. The third-order valence-electron chi connectivity index (χ3n) is 9.32. The molecule has 0 fully saturated rings. The van der Waals surface area contributed by atoms with Crippen LogP contribution in [0.1, 0.15) is 97.4 Å². The van der Waals surface area contributed by atoms with Crippen molar-refractivity contribution in [1.29, 1.82) is 0 Å². The number of aromatic nitrogens is 4. The fraction of sp³-hybridized carbons (Fsp3) is 0.324. The van der Waals surface area contributed by atoms with Crippen molar-refractivity contribution < 1.29 is 49.5 Å². The summed E-state index contributed by atoms with van der Waals surface area (Å²) in [5, 5.41) is 48.1. The number of nitrogens with one attached hydrogen (secondary N) is 2. The van der Waals surface area contributed by atoms with Crippen LogP contribution in [0.5, 0.6) is 0 Å². The first-order valence-electron chi connectivity index (χ1n) is 16.4. The Morgan fingerprint density at radius 1 is 0.490 bits per heavy atom. The van der Waals surface area contributed by atoms with E-state index in [1.807, 2.05) is 13.8 Å². The zero-order valence-corrected chi connectivity index (χ0v) is 28.3. The van der Waals surface area contributed by atoms with E-state index in [0.29, 0.717) is 78.3 Å². The lowest BCUT2D eigenvalue weighted by Gasteiger charge is -2.04. The first kappa shape index (κ1) is 36.2. The Labute approximate surface area is 291 Å². The second kappa shape index (κ2) is 14.8. The van der Waals surface area contributed by atoms with Gasteiger partial charge in [0.25, 0.3) is 0 Å². The van der Waals surface area contributed by atoms with Gasteiger partial charge in [-0.05, 0) is 115 Å². The number of aliphatic carboxylic acids is 5. The smallest absolute Gasteiger partial charge is 0.307 e. The summed E-state index contributed by atoms with van der Waals surface area (Å²) in [6, 6.07) is 6.90. The molecule has 0 amide bonds. The van der Waals surface area contributed by atoms with Crippen LogP contribution in [-0.2, 0) is 43.2 Å². The van der Waals surface area contributed by atoms with E-state index in [1.54, 1.807) is 31.2 Å². The van der Waals surface area contributed by atoms with Gasteiger partial charge in [-0.3, -0.25) is 24.0 Å². The number of allylic oxidation sites excluding steroid dienone is 4. The van der Waals surface area contributed by atoms with Gasteiger partial charge in [0.05, 0.1) is 29.2 Å². The van der Waals surface area contributed by atoms with E-state index in [-0.39, 0.29) is 51.4 Å². The third-order valence-corrected chi connectivity index (χ3v) is 9.32. The van der Waals surface area contributed by atoms with Crippen LogP contribution >= 0.6 is 0 Å². The largest absolute Gasteiger partial charge is 0.481 e. The summed E-state index contributed by atoms with van der Waals surface area (Å²) < 4.78 is 0. The second-order valence-electron chi connectivity index (χ2n) is 12.7. The van der Waals surface area contributed by atoms with Gasteiger partial charge in [-0.2, -0.15) is 0 Å². The van der Waals surface area contributed by atoms with E-state index in [0.717, 1.165) is 11.1 Å². The Kier molecular flexibility index (Phi) is 10.5. The molecule has 7 N–H and O–H groups in total. The first-order valence-corrected chi connectivity index (χ1v) is 16.4. The van der Waals surface area contributed by atoms with E-state index in [4.69, 9.17) is 9.97 Å². The molecule has 2 aliphatic heterocycles. The minimum atomic E-state index is -1.14. The maximum Gasteiger partial charge on any atom is 0.307 e. The normalized spacial score (nSPS) is 12.8. The van der Waals surface area contributed by atoms with Crippen LogP contribution in [0.3, 0.4) is 0 Å². The summed E-state index contributed by atoms with van der Waals surface area (Å²) in [7, 11) is 0. The molecule has 3 aromatic heterocycles. The van der Waals surface area contributed by atoms with Crippen molar-refractivity contribution in [3.63, 3.8) is 0 Å². The summed E-state index contributed by atoms with van der Waals surface area (Å²) in [6.07, 6.45) is -0.732. The van der Waals surface area contributed by atoms with Gasteiger partial charge in [0.1, 0.15) is 0 Å². The number of carboxylic acid groups (broad SMARTS) is 5. The number of fused-ring (bicyclic) bond motifs is 8. The number of aryl methyl sites for hydroxylation is 3. The number of H-pyrrole nitrogens is 2. The van der Waals surface area contributed by atoms with Crippen molar-refractivity contribution in [2.24, 2.45) is 0 Å². The van der Waals surface area contributed by atoms with Crippen molar-refractivity contribution in [2.45, 2.75) is 78.6 Å². The molecule has 0 saturated carbocycles. The van der Waals surface area contributed by atoms with E-state index < -0.39 is 36.3 Å². The summed E-state index contributed by atoms with van der Waals surface area (Å²) in [4.78, 5) is 75.2. The van der Waals surface area contributed by atoms with Crippen LogP contribution in [0.4, 0.5) is 0 Å². The maximum absolute atomic E-state index is 12.2. The fourth-order valence-corrected chi connectivity index (χ4v) is 6.66. The standard InChI is InChI=1S/C37H38N4O10/c1-17-20(4-8-33(42)43)28-14-26-19(3)22(6-10-35(46)47)30(40-26)16-32-24(12-37(50)51)23(7-11-36(48)49)31(41-32)15-27-18(2)21(5-9-34(44)45)29(39-27)13-25(17)38-28/h13-16,39,41H,4-12H2,1-3H3,(H,42,43)(H,44,45)(H,46,47)(H,48,49)(H,50,51). The van der Waals surface area contributed by atoms with E-state index in [1.165, 1.54) is 0 Å². The molecule has 266 valence electrons. The zero-order valence-electron chi connectivity index (χ0n) is 28.3. The van der Waals surface area contributed by atoms with Crippen LogP contribution in [0.2, 0.25) is 0 Å². The second-order valence-corrected chi connectivity index (χ2v) is 12.7. The van der Waals surface area contributed by atoms with Crippen molar-refractivity contribution in [2.75, 3.05) is 0 Å². The number of rotatable bonds is 14. The average Bonchev–Trinajstić information content (AvgIpc) is 3.70. The highest BCUT2D eigenvalue weighted by molar-refractivity contribution is 5.96. The Morgan fingerprint density at radius 2 is 0.902 bits per heavy atom. The van der Waals surface area contributed by atoms with Crippen LogP contribution in [-0.4, -0.2) is 75.3 Å². The lowest BCUT2D eigenvalue weighted by atomic mass is 9.98. The summed E-state index contributed by atoms with van der Waals surface area (Å²) in [6.45, 7) is 5.46. The van der Waals surface area contributed by atoms with Crippen molar-refractivity contribution in [3.05, 3.63) is 69.3 Å². The SMILES string of the molecule is CC1=C(CCC(=O)O)c2cc3nc(cc4[nH]c(cc5[nH]c(cc1n2)c(CCC(=O)O)c5C)c(CCC(=O)O)c4CC(=O)O)C(CCC(=O)O)=C3C. The molecule has 5 heterocycles. The van der Waals surface area contributed by atoms with Gasteiger partial charge in [0.15, 0.2) is 0 Å². The molecule has 14 nitrogen and oxygen atoms in total. The molecule has 3 aromatic rings. The van der Waals surface area contributed by atoms with Crippen molar-refractivity contribution in [1.82, 2.24) is 19.9 Å². The highest BCUT2D eigenvalue weighted by Gasteiger charge is 2.24. The molecule has 8 bridgehead atoms. The van der Waals surface area contributed by atoms with Gasteiger partial charge in [0, 0.05) is 47.8 Å². The highest BCUT2D eigenvalue weighted by Crippen LogP contribution is 2.38. The quantitative estimate of drug-likeness (QED) is 0.104. The lowest BCUT2D eigenvalue weighted by molar-refractivity contribution is -0.138.